The topological polar surface area (TPSA) is 75.3 Å². The second kappa shape index (κ2) is 6.36. The highest BCUT2D eigenvalue weighted by atomic mass is 32.2. The van der Waals surface area contributed by atoms with Crippen molar-refractivity contribution in [2.45, 2.75) is 13.5 Å². The van der Waals surface area contributed by atoms with Crippen molar-refractivity contribution in [2.75, 3.05) is 12.3 Å². The summed E-state index contributed by atoms with van der Waals surface area (Å²) in [7, 11) is -3.31. The van der Waals surface area contributed by atoms with Gasteiger partial charge in [-0.15, -0.1) is 0 Å². The average molecular weight is 256 g/mol. The molecule has 94 valence electrons. The van der Waals surface area contributed by atoms with Gasteiger partial charge in [-0.2, -0.15) is 0 Å². The van der Waals surface area contributed by atoms with E-state index in [1.165, 1.54) is 6.92 Å². The van der Waals surface area contributed by atoms with E-state index in [1.54, 1.807) is 0 Å². The maximum atomic E-state index is 11.3. The van der Waals surface area contributed by atoms with Crippen LogP contribution in [0.1, 0.15) is 12.5 Å². The summed E-state index contributed by atoms with van der Waals surface area (Å²) in [6.45, 7) is 1.70. The van der Waals surface area contributed by atoms with Gasteiger partial charge >= 0.3 is 0 Å². The van der Waals surface area contributed by atoms with Crippen LogP contribution in [0.4, 0.5) is 0 Å². The van der Waals surface area contributed by atoms with Gasteiger partial charge in [0.15, 0.2) is 0 Å². The van der Waals surface area contributed by atoms with Crippen molar-refractivity contribution >= 4 is 15.9 Å². The molecule has 1 rings (SSSR count). The van der Waals surface area contributed by atoms with E-state index >= 15 is 0 Å². The van der Waals surface area contributed by atoms with E-state index in [4.69, 9.17) is 0 Å². The molecule has 0 saturated carbocycles. The summed E-state index contributed by atoms with van der Waals surface area (Å²) in [6, 6.07) is 9.41. The zero-order chi connectivity index (χ0) is 12.7. The molecule has 0 saturated heterocycles. The molecule has 2 N–H and O–H groups in total. The van der Waals surface area contributed by atoms with Gasteiger partial charge in [0.25, 0.3) is 0 Å². The molecule has 0 radical (unpaired) electrons. The molecule has 5 nitrogen and oxygen atoms in total. The lowest BCUT2D eigenvalue weighted by Crippen LogP contribution is -2.37. The van der Waals surface area contributed by atoms with Crippen molar-refractivity contribution in [1.82, 2.24) is 10.0 Å². The number of benzene rings is 1. The van der Waals surface area contributed by atoms with Crippen LogP contribution in [0, 0.1) is 0 Å². The fourth-order valence-electron chi connectivity index (χ4n) is 1.14. The maximum absolute atomic E-state index is 11.3. The zero-order valence-corrected chi connectivity index (χ0v) is 10.5. The van der Waals surface area contributed by atoms with Crippen molar-refractivity contribution in [3.8, 4) is 0 Å². The van der Waals surface area contributed by atoms with Gasteiger partial charge in [-0.1, -0.05) is 30.3 Å². The van der Waals surface area contributed by atoms with Gasteiger partial charge in [0, 0.05) is 6.54 Å². The molecule has 1 amide bonds. The molecule has 1 aromatic rings. The number of carbonyl (C=O) groups is 1. The predicted molar refractivity (Wildman–Crippen MR) is 65.8 cm³/mol. The Hall–Kier alpha value is -1.40. The third-order valence-corrected chi connectivity index (χ3v) is 3.51. The molecule has 17 heavy (non-hydrogen) atoms. The summed E-state index contributed by atoms with van der Waals surface area (Å²) in [5, 5.41) is 2.63. The van der Waals surface area contributed by atoms with Gasteiger partial charge < -0.3 is 5.32 Å². The van der Waals surface area contributed by atoms with Crippen LogP contribution in [0.2, 0.25) is 0 Å². The molecule has 0 unspecified atom stereocenters. The Morgan fingerprint density at radius 3 is 2.47 bits per heavy atom. The van der Waals surface area contributed by atoms with Gasteiger partial charge in [-0.05, 0) is 12.5 Å². The number of amides is 1. The molecule has 0 aromatic heterocycles. The molecule has 0 spiro atoms. The minimum Gasteiger partial charge on any atom is -0.351 e. The zero-order valence-electron chi connectivity index (χ0n) is 9.64. The third-order valence-electron chi connectivity index (χ3n) is 2.17. The first-order valence-corrected chi connectivity index (χ1v) is 6.96. The molecule has 1 aromatic carbocycles. The Bertz CT molecular complexity index is 457. The largest absolute Gasteiger partial charge is 0.351 e. The molecular formula is C11H16N2O3S. The number of rotatable bonds is 6. The number of carbonyl (C=O) groups excluding carboxylic acids is 1. The first-order chi connectivity index (χ1) is 8.03. The lowest BCUT2D eigenvalue weighted by Gasteiger charge is -2.06. The molecule has 0 heterocycles. The summed E-state index contributed by atoms with van der Waals surface area (Å²) in [6.07, 6.45) is 0. The summed E-state index contributed by atoms with van der Waals surface area (Å²) in [4.78, 5) is 11.3. The van der Waals surface area contributed by atoms with E-state index in [1.807, 2.05) is 30.3 Å². The summed E-state index contributed by atoms with van der Waals surface area (Å²) < 4.78 is 24.4. The summed E-state index contributed by atoms with van der Waals surface area (Å²) in [5.41, 5.74) is 0.971. The number of hydrogen-bond acceptors (Lipinski definition) is 3. The quantitative estimate of drug-likeness (QED) is 0.765. The van der Waals surface area contributed by atoms with Gasteiger partial charge in [0.05, 0.1) is 12.3 Å². The van der Waals surface area contributed by atoms with E-state index in [-0.39, 0.29) is 18.2 Å². The normalized spacial score (nSPS) is 11.1. The van der Waals surface area contributed by atoms with Crippen LogP contribution in [0.3, 0.4) is 0 Å². The van der Waals surface area contributed by atoms with Crippen LogP contribution in [0.15, 0.2) is 30.3 Å². The van der Waals surface area contributed by atoms with Crippen LogP contribution in [0.5, 0.6) is 0 Å². The van der Waals surface area contributed by atoms with E-state index in [0.717, 1.165) is 5.56 Å². The predicted octanol–water partition coefficient (Wildman–Crippen LogP) is 0.242. The highest BCUT2D eigenvalue weighted by Crippen LogP contribution is 1.96. The van der Waals surface area contributed by atoms with E-state index in [0.29, 0.717) is 6.54 Å². The maximum Gasteiger partial charge on any atom is 0.235 e. The number of hydrogen-bond donors (Lipinski definition) is 2. The molecule has 6 heteroatoms. The minimum atomic E-state index is -3.31. The van der Waals surface area contributed by atoms with Gasteiger partial charge in [-0.3, -0.25) is 4.79 Å². The van der Waals surface area contributed by atoms with Crippen molar-refractivity contribution in [1.29, 1.82) is 0 Å². The van der Waals surface area contributed by atoms with E-state index in [2.05, 4.69) is 10.0 Å². The van der Waals surface area contributed by atoms with E-state index < -0.39 is 10.0 Å². The molecule has 0 fully saturated rings. The van der Waals surface area contributed by atoms with Crippen molar-refractivity contribution in [3.05, 3.63) is 35.9 Å². The van der Waals surface area contributed by atoms with Crippen LogP contribution in [-0.2, 0) is 21.4 Å². The highest BCUT2D eigenvalue weighted by Gasteiger charge is 2.08. The Balaban J connectivity index is 2.32. The monoisotopic (exact) mass is 256 g/mol. The molecule has 0 bridgehead atoms. The first kappa shape index (κ1) is 13.7. The third kappa shape index (κ3) is 5.46. The van der Waals surface area contributed by atoms with Gasteiger partial charge in [0.1, 0.15) is 0 Å². The summed E-state index contributed by atoms with van der Waals surface area (Å²) in [5.74, 6) is -0.371. The molecule has 0 aliphatic carbocycles. The second-order valence-corrected chi connectivity index (χ2v) is 5.58. The SMILES string of the molecule is CCS(=O)(=O)NCC(=O)NCc1ccccc1. The molecule has 0 atom stereocenters. The minimum absolute atomic E-state index is 0.0288. The lowest BCUT2D eigenvalue weighted by molar-refractivity contribution is -0.120. The van der Waals surface area contributed by atoms with E-state index in [9.17, 15) is 13.2 Å². The van der Waals surface area contributed by atoms with Crippen molar-refractivity contribution < 1.29 is 13.2 Å². The average Bonchev–Trinajstić information content (AvgIpc) is 2.35. The van der Waals surface area contributed by atoms with Crippen LogP contribution >= 0.6 is 0 Å². The van der Waals surface area contributed by atoms with Crippen molar-refractivity contribution in [3.63, 3.8) is 0 Å². The van der Waals surface area contributed by atoms with Crippen LogP contribution in [0.25, 0.3) is 0 Å². The Labute approximate surface area is 101 Å². The molecule has 0 aliphatic heterocycles. The van der Waals surface area contributed by atoms with Crippen molar-refractivity contribution in [2.24, 2.45) is 0 Å². The fraction of sp³-hybridized carbons (Fsp3) is 0.364. The second-order valence-electron chi connectivity index (χ2n) is 3.49. The smallest absolute Gasteiger partial charge is 0.235 e. The van der Waals surface area contributed by atoms with Crippen LogP contribution < -0.4 is 10.0 Å². The fourth-order valence-corrected chi connectivity index (χ4v) is 1.69. The highest BCUT2D eigenvalue weighted by molar-refractivity contribution is 7.89. The first-order valence-electron chi connectivity index (χ1n) is 5.31. The standard InChI is InChI=1S/C11H16N2O3S/c1-2-17(15,16)13-9-11(14)12-8-10-6-4-3-5-7-10/h3-7,13H,2,8-9H2,1H3,(H,12,14). The number of sulfonamides is 1. The summed E-state index contributed by atoms with van der Waals surface area (Å²) >= 11 is 0. The Morgan fingerprint density at radius 1 is 1.24 bits per heavy atom. The molecule has 0 aliphatic rings. The Kier molecular flexibility index (Phi) is 5.11. The van der Waals surface area contributed by atoms with Gasteiger partial charge in [0.2, 0.25) is 15.9 Å². The van der Waals surface area contributed by atoms with Crippen LogP contribution in [-0.4, -0.2) is 26.6 Å². The lowest BCUT2D eigenvalue weighted by atomic mass is 10.2. The number of nitrogens with one attached hydrogen (secondary N) is 2. The van der Waals surface area contributed by atoms with Gasteiger partial charge in [-0.25, -0.2) is 13.1 Å². The Morgan fingerprint density at radius 2 is 1.88 bits per heavy atom. The molecular weight excluding hydrogens is 240 g/mol.